The Bertz CT molecular complexity index is 686. The smallest absolute Gasteiger partial charge is 0.261 e. The van der Waals surface area contributed by atoms with Gasteiger partial charge in [0.2, 0.25) is 0 Å². The minimum Gasteiger partial charge on any atom is -0.289 e. The number of alkyl halides is 1. The van der Waals surface area contributed by atoms with Crippen molar-refractivity contribution in [2.45, 2.75) is 50.4 Å². The Balaban J connectivity index is 2.28. The van der Waals surface area contributed by atoms with Gasteiger partial charge in [0.15, 0.2) is 0 Å². The van der Waals surface area contributed by atoms with E-state index in [0.717, 1.165) is 31.2 Å². The van der Waals surface area contributed by atoms with Gasteiger partial charge in [-0.25, -0.2) is 4.98 Å². The molecule has 0 amide bonds. The van der Waals surface area contributed by atoms with Crippen molar-refractivity contribution in [3.8, 4) is 0 Å². The summed E-state index contributed by atoms with van der Waals surface area (Å²) in [7, 11) is 0. The second kappa shape index (κ2) is 5.21. The van der Waals surface area contributed by atoms with Crippen LogP contribution in [0.5, 0.6) is 0 Å². The lowest BCUT2D eigenvalue weighted by Gasteiger charge is -2.36. The highest BCUT2D eigenvalue weighted by molar-refractivity contribution is 6.16. The summed E-state index contributed by atoms with van der Waals surface area (Å²) in [6.45, 7) is 2.17. The maximum Gasteiger partial charge on any atom is 0.261 e. The molecule has 20 heavy (non-hydrogen) atoms. The Morgan fingerprint density at radius 1 is 1.25 bits per heavy atom. The zero-order chi connectivity index (χ0) is 14.2. The van der Waals surface area contributed by atoms with Crippen LogP contribution in [0.4, 0.5) is 0 Å². The zero-order valence-corrected chi connectivity index (χ0v) is 12.5. The van der Waals surface area contributed by atoms with Crippen LogP contribution in [0.25, 0.3) is 10.9 Å². The molecular weight excluding hydrogens is 272 g/mol. The second-order valence-electron chi connectivity index (χ2n) is 5.88. The minimum absolute atomic E-state index is 0.0515. The quantitative estimate of drug-likeness (QED) is 0.788. The van der Waals surface area contributed by atoms with Crippen molar-refractivity contribution in [1.82, 2.24) is 9.55 Å². The van der Waals surface area contributed by atoms with E-state index in [1.807, 2.05) is 28.8 Å². The van der Waals surface area contributed by atoms with Crippen molar-refractivity contribution in [3.05, 3.63) is 40.4 Å². The number of halogens is 1. The maximum absolute atomic E-state index is 12.9. The van der Waals surface area contributed by atoms with Gasteiger partial charge in [-0.1, -0.05) is 31.4 Å². The molecule has 0 radical (unpaired) electrons. The number of benzene rings is 1. The third kappa shape index (κ3) is 2.14. The van der Waals surface area contributed by atoms with E-state index in [0.29, 0.717) is 11.2 Å². The zero-order valence-electron chi connectivity index (χ0n) is 11.7. The topological polar surface area (TPSA) is 34.9 Å². The highest BCUT2D eigenvalue weighted by Crippen LogP contribution is 2.34. The molecule has 1 aromatic carbocycles. The normalized spacial score (nSPS) is 18.3. The highest BCUT2D eigenvalue weighted by atomic mass is 35.5. The molecule has 1 aliphatic carbocycles. The van der Waals surface area contributed by atoms with E-state index >= 15 is 0 Å². The summed E-state index contributed by atoms with van der Waals surface area (Å²) in [5.41, 5.74) is 0.649. The first kappa shape index (κ1) is 13.6. The SMILES string of the molecule is CC1(n2c(CCl)nc3ccccc3c2=O)CCCCC1. The Hall–Kier alpha value is -1.35. The third-order valence-electron chi connectivity index (χ3n) is 4.44. The molecule has 1 heterocycles. The molecule has 0 saturated heterocycles. The predicted molar refractivity (Wildman–Crippen MR) is 82.3 cm³/mol. The lowest BCUT2D eigenvalue weighted by atomic mass is 9.83. The number of nitrogens with zero attached hydrogens (tertiary/aromatic N) is 2. The first-order chi connectivity index (χ1) is 9.65. The molecule has 0 unspecified atom stereocenters. The van der Waals surface area contributed by atoms with Gasteiger partial charge in [0.1, 0.15) is 5.82 Å². The van der Waals surface area contributed by atoms with Crippen LogP contribution in [0.15, 0.2) is 29.1 Å². The van der Waals surface area contributed by atoms with Crippen molar-refractivity contribution in [2.24, 2.45) is 0 Å². The fraction of sp³-hybridized carbons (Fsp3) is 0.500. The largest absolute Gasteiger partial charge is 0.289 e. The van der Waals surface area contributed by atoms with Gasteiger partial charge in [-0.2, -0.15) is 0 Å². The van der Waals surface area contributed by atoms with Gasteiger partial charge in [-0.3, -0.25) is 9.36 Å². The summed E-state index contributed by atoms with van der Waals surface area (Å²) in [4.78, 5) is 17.5. The summed E-state index contributed by atoms with van der Waals surface area (Å²) in [6.07, 6.45) is 5.63. The van der Waals surface area contributed by atoms with Crippen LogP contribution < -0.4 is 5.56 Å². The van der Waals surface area contributed by atoms with E-state index in [4.69, 9.17) is 11.6 Å². The number of rotatable bonds is 2. The molecule has 0 N–H and O–H groups in total. The number of aromatic nitrogens is 2. The van der Waals surface area contributed by atoms with Crippen molar-refractivity contribution < 1.29 is 0 Å². The fourth-order valence-electron chi connectivity index (χ4n) is 3.36. The molecule has 4 heteroatoms. The molecule has 0 atom stereocenters. The Morgan fingerprint density at radius 3 is 2.65 bits per heavy atom. The molecular formula is C16H19ClN2O. The van der Waals surface area contributed by atoms with Crippen LogP contribution in [-0.4, -0.2) is 9.55 Å². The molecule has 106 valence electrons. The molecule has 3 nitrogen and oxygen atoms in total. The third-order valence-corrected chi connectivity index (χ3v) is 4.67. The molecule has 0 aliphatic heterocycles. The van der Waals surface area contributed by atoms with Crippen molar-refractivity contribution in [1.29, 1.82) is 0 Å². The van der Waals surface area contributed by atoms with Crippen molar-refractivity contribution in [2.75, 3.05) is 0 Å². The van der Waals surface area contributed by atoms with E-state index in [1.54, 1.807) is 0 Å². The molecule has 0 spiro atoms. The van der Waals surface area contributed by atoms with E-state index in [9.17, 15) is 4.79 Å². The van der Waals surface area contributed by atoms with Crippen molar-refractivity contribution in [3.63, 3.8) is 0 Å². The van der Waals surface area contributed by atoms with Crippen LogP contribution in [0.3, 0.4) is 0 Å². The van der Waals surface area contributed by atoms with Gasteiger partial charge >= 0.3 is 0 Å². The van der Waals surface area contributed by atoms with E-state index in [2.05, 4.69) is 11.9 Å². The lowest BCUT2D eigenvalue weighted by molar-refractivity contribution is 0.207. The summed E-state index contributed by atoms with van der Waals surface area (Å²) in [6, 6.07) is 7.52. The molecule has 1 aliphatic rings. The fourth-order valence-corrected chi connectivity index (χ4v) is 3.54. The van der Waals surface area contributed by atoms with Gasteiger partial charge in [0, 0.05) is 5.54 Å². The average Bonchev–Trinajstić information content (AvgIpc) is 2.47. The Morgan fingerprint density at radius 2 is 1.95 bits per heavy atom. The average molecular weight is 291 g/mol. The van der Waals surface area contributed by atoms with Crippen LogP contribution >= 0.6 is 11.6 Å². The van der Waals surface area contributed by atoms with Gasteiger partial charge in [0.25, 0.3) is 5.56 Å². The molecule has 0 bridgehead atoms. The molecule has 1 fully saturated rings. The monoisotopic (exact) mass is 290 g/mol. The van der Waals surface area contributed by atoms with E-state index in [1.165, 1.54) is 6.42 Å². The lowest BCUT2D eigenvalue weighted by Crippen LogP contribution is -2.42. The second-order valence-corrected chi connectivity index (χ2v) is 6.14. The van der Waals surface area contributed by atoms with Gasteiger partial charge in [-0.15, -0.1) is 11.6 Å². The maximum atomic E-state index is 12.9. The Labute approximate surface area is 123 Å². The van der Waals surface area contributed by atoms with Gasteiger partial charge in [-0.05, 0) is 31.9 Å². The highest BCUT2D eigenvalue weighted by Gasteiger charge is 2.32. The molecule has 2 aromatic rings. The number of para-hydroxylation sites is 1. The molecule has 1 aromatic heterocycles. The first-order valence-electron chi connectivity index (χ1n) is 7.23. The van der Waals surface area contributed by atoms with Crippen LogP contribution in [0.1, 0.15) is 44.9 Å². The van der Waals surface area contributed by atoms with Crippen LogP contribution in [-0.2, 0) is 11.4 Å². The minimum atomic E-state index is -0.142. The molecule has 3 rings (SSSR count). The standard InChI is InChI=1S/C16H19ClN2O/c1-16(9-5-2-6-10-16)19-14(11-17)18-13-8-4-3-7-12(13)15(19)20/h3-4,7-8H,2,5-6,9-11H2,1H3. The van der Waals surface area contributed by atoms with Crippen LogP contribution in [0, 0.1) is 0 Å². The summed E-state index contributed by atoms with van der Waals surface area (Å²) in [5, 5.41) is 0.688. The summed E-state index contributed by atoms with van der Waals surface area (Å²) >= 11 is 6.06. The Kier molecular flexibility index (Phi) is 3.55. The predicted octanol–water partition coefficient (Wildman–Crippen LogP) is 3.81. The number of hydrogen-bond acceptors (Lipinski definition) is 2. The first-order valence-corrected chi connectivity index (χ1v) is 7.76. The van der Waals surface area contributed by atoms with E-state index in [-0.39, 0.29) is 17.0 Å². The van der Waals surface area contributed by atoms with Gasteiger partial charge < -0.3 is 0 Å². The summed E-state index contributed by atoms with van der Waals surface area (Å²) in [5.74, 6) is 0.968. The van der Waals surface area contributed by atoms with Crippen LogP contribution in [0.2, 0.25) is 0 Å². The van der Waals surface area contributed by atoms with E-state index < -0.39 is 0 Å². The van der Waals surface area contributed by atoms with Gasteiger partial charge in [0.05, 0.1) is 16.8 Å². The molecule has 1 saturated carbocycles. The van der Waals surface area contributed by atoms with Crippen molar-refractivity contribution >= 4 is 22.5 Å². The number of fused-ring (bicyclic) bond motifs is 1. The number of hydrogen-bond donors (Lipinski definition) is 0. The summed E-state index contributed by atoms with van der Waals surface area (Å²) < 4.78 is 1.86.